The van der Waals surface area contributed by atoms with Crippen LogP contribution in [0.15, 0.2) is 6.33 Å². The van der Waals surface area contributed by atoms with Crippen LogP contribution in [0.4, 0.5) is 11.6 Å². The molecule has 1 aromatic rings. The predicted molar refractivity (Wildman–Crippen MR) is 57.6 cm³/mol. The molecule has 0 fully saturated rings. The molecule has 1 aromatic heterocycles. The Balaban J connectivity index is 2.62. The lowest BCUT2D eigenvalue weighted by Crippen LogP contribution is -2.23. The van der Waals surface area contributed by atoms with E-state index < -0.39 is 10.0 Å². The topological polar surface area (TPSA) is 124 Å². The first-order valence-electron chi connectivity index (χ1n) is 4.21. The average Bonchev–Trinajstić information content (AvgIpc) is 2.10. The molecule has 0 atom stereocenters. The summed E-state index contributed by atoms with van der Waals surface area (Å²) in [6.45, 7) is 1.94. The number of nitrogen functional groups attached to an aromatic ring is 1. The fraction of sp³-hybridized carbons (Fsp3) is 0.429. The van der Waals surface area contributed by atoms with E-state index in [0.29, 0.717) is 17.2 Å². The third-order valence-corrected chi connectivity index (χ3v) is 2.58. The molecule has 0 saturated carbocycles. The first kappa shape index (κ1) is 11.7. The van der Waals surface area contributed by atoms with Crippen molar-refractivity contribution in [2.24, 2.45) is 5.14 Å². The molecule has 0 aliphatic rings. The molecule has 0 aliphatic carbocycles. The summed E-state index contributed by atoms with van der Waals surface area (Å²) < 4.78 is 21.3. The van der Waals surface area contributed by atoms with Gasteiger partial charge in [0.1, 0.15) is 18.0 Å². The van der Waals surface area contributed by atoms with E-state index in [1.54, 1.807) is 6.92 Å². The summed E-state index contributed by atoms with van der Waals surface area (Å²) in [6, 6.07) is 0. The van der Waals surface area contributed by atoms with Crippen molar-refractivity contribution in [1.82, 2.24) is 9.97 Å². The zero-order chi connectivity index (χ0) is 11.5. The van der Waals surface area contributed by atoms with Crippen LogP contribution >= 0.6 is 0 Å². The highest BCUT2D eigenvalue weighted by molar-refractivity contribution is 7.89. The van der Waals surface area contributed by atoms with Gasteiger partial charge in [-0.3, -0.25) is 0 Å². The van der Waals surface area contributed by atoms with Gasteiger partial charge in [0.25, 0.3) is 0 Å². The van der Waals surface area contributed by atoms with Gasteiger partial charge in [0, 0.05) is 12.1 Å². The maximum Gasteiger partial charge on any atom is 0.210 e. The Morgan fingerprint density at radius 3 is 2.73 bits per heavy atom. The molecular formula is C7H13N5O2S. The highest BCUT2D eigenvalue weighted by Crippen LogP contribution is 2.14. The van der Waals surface area contributed by atoms with Crippen LogP contribution in [-0.4, -0.2) is 30.7 Å². The fourth-order valence-corrected chi connectivity index (χ4v) is 1.34. The summed E-state index contributed by atoms with van der Waals surface area (Å²) in [5, 5.41) is 7.66. The van der Waals surface area contributed by atoms with Gasteiger partial charge in [0.05, 0.1) is 5.75 Å². The highest BCUT2D eigenvalue weighted by atomic mass is 32.2. The molecule has 0 aromatic carbocycles. The van der Waals surface area contributed by atoms with Crippen LogP contribution in [0, 0.1) is 6.92 Å². The molecule has 0 bridgehead atoms. The number of anilines is 2. The fourth-order valence-electron chi connectivity index (χ4n) is 0.954. The molecule has 8 heteroatoms. The van der Waals surface area contributed by atoms with Crippen molar-refractivity contribution in [1.29, 1.82) is 0 Å². The lowest BCUT2D eigenvalue weighted by Gasteiger charge is -2.08. The monoisotopic (exact) mass is 231 g/mol. The van der Waals surface area contributed by atoms with E-state index >= 15 is 0 Å². The molecule has 0 aliphatic heterocycles. The second-order valence-electron chi connectivity index (χ2n) is 3.03. The van der Waals surface area contributed by atoms with Crippen molar-refractivity contribution in [3.63, 3.8) is 0 Å². The van der Waals surface area contributed by atoms with Crippen LogP contribution in [0.1, 0.15) is 5.56 Å². The second-order valence-corrected chi connectivity index (χ2v) is 4.76. The summed E-state index contributed by atoms with van der Waals surface area (Å²) in [4.78, 5) is 7.70. The molecule has 1 heterocycles. The van der Waals surface area contributed by atoms with Crippen LogP contribution in [0.3, 0.4) is 0 Å². The molecule has 0 unspecified atom stereocenters. The number of aromatic nitrogens is 2. The standard InChI is InChI=1S/C7H13N5O2S/c1-5-6(8)11-4-12-7(5)10-2-3-15(9,13)14/h4H,2-3H2,1H3,(H2,9,13,14)(H3,8,10,11,12). The van der Waals surface area contributed by atoms with E-state index in [0.717, 1.165) is 0 Å². The third kappa shape index (κ3) is 3.68. The molecule has 0 radical (unpaired) electrons. The number of rotatable bonds is 4. The quantitative estimate of drug-likeness (QED) is 0.614. The van der Waals surface area contributed by atoms with Gasteiger partial charge in [0.15, 0.2) is 0 Å². The Morgan fingerprint density at radius 1 is 1.47 bits per heavy atom. The summed E-state index contributed by atoms with van der Waals surface area (Å²) in [5.41, 5.74) is 6.23. The minimum Gasteiger partial charge on any atom is -0.383 e. The van der Waals surface area contributed by atoms with Crippen LogP contribution in [-0.2, 0) is 10.0 Å². The number of nitrogens with two attached hydrogens (primary N) is 2. The van der Waals surface area contributed by atoms with Gasteiger partial charge in [-0.15, -0.1) is 0 Å². The molecule has 0 saturated heterocycles. The number of hydrogen-bond acceptors (Lipinski definition) is 6. The van der Waals surface area contributed by atoms with E-state index in [4.69, 9.17) is 10.9 Å². The smallest absolute Gasteiger partial charge is 0.210 e. The van der Waals surface area contributed by atoms with Gasteiger partial charge in [-0.2, -0.15) is 0 Å². The van der Waals surface area contributed by atoms with E-state index in [9.17, 15) is 8.42 Å². The van der Waals surface area contributed by atoms with Crippen LogP contribution < -0.4 is 16.2 Å². The van der Waals surface area contributed by atoms with Crippen LogP contribution in [0.2, 0.25) is 0 Å². The molecule has 15 heavy (non-hydrogen) atoms. The van der Waals surface area contributed by atoms with Crippen molar-refractivity contribution >= 4 is 21.7 Å². The van der Waals surface area contributed by atoms with Crippen LogP contribution in [0.25, 0.3) is 0 Å². The van der Waals surface area contributed by atoms with Gasteiger partial charge < -0.3 is 11.1 Å². The Bertz CT molecular complexity index is 445. The molecule has 0 amide bonds. The molecule has 7 nitrogen and oxygen atoms in total. The maximum absolute atomic E-state index is 10.7. The summed E-state index contributed by atoms with van der Waals surface area (Å²) in [7, 11) is -3.45. The van der Waals surface area contributed by atoms with Gasteiger partial charge >= 0.3 is 0 Å². The lowest BCUT2D eigenvalue weighted by molar-refractivity contribution is 0.598. The Labute approximate surface area is 88.0 Å². The van der Waals surface area contributed by atoms with Crippen LogP contribution in [0.5, 0.6) is 0 Å². The molecule has 5 N–H and O–H groups in total. The molecule has 1 rings (SSSR count). The minimum absolute atomic E-state index is 0.156. The Hall–Kier alpha value is -1.41. The zero-order valence-corrected chi connectivity index (χ0v) is 9.08. The molecule has 0 spiro atoms. The van der Waals surface area contributed by atoms with Crippen molar-refractivity contribution in [2.45, 2.75) is 6.92 Å². The van der Waals surface area contributed by atoms with E-state index in [1.807, 2.05) is 0 Å². The van der Waals surface area contributed by atoms with E-state index in [-0.39, 0.29) is 12.3 Å². The van der Waals surface area contributed by atoms with E-state index in [2.05, 4.69) is 15.3 Å². The van der Waals surface area contributed by atoms with Gasteiger partial charge in [-0.25, -0.2) is 23.5 Å². The second kappa shape index (κ2) is 4.41. The predicted octanol–water partition coefficient (Wildman–Crippen LogP) is -0.932. The van der Waals surface area contributed by atoms with Gasteiger partial charge in [-0.1, -0.05) is 0 Å². The maximum atomic E-state index is 10.7. The number of nitrogens with one attached hydrogen (secondary N) is 1. The summed E-state index contributed by atoms with van der Waals surface area (Å²) in [6.07, 6.45) is 1.31. The average molecular weight is 231 g/mol. The van der Waals surface area contributed by atoms with Crippen molar-refractivity contribution in [3.05, 3.63) is 11.9 Å². The van der Waals surface area contributed by atoms with Crippen molar-refractivity contribution < 1.29 is 8.42 Å². The Morgan fingerprint density at radius 2 is 2.13 bits per heavy atom. The number of primary sulfonamides is 1. The summed E-state index contributed by atoms with van der Waals surface area (Å²) >= 11 is 0. The number of hydrogen-bond donors (Lipinski definition) is 3. The first-order valence-corrected chi connectivity index (χ1v) is 5.93. The highest BCUT2D eigenvalue weighted by Gasteiger charge is 2.05. The summed E-state index contributed by atoms with van der Waals surface area (Å²) in [5.74, 6) is 0.727. The first-order chi connectivity index (χ1) is 6.90. The van der Waals surface area contributed by atoms with Crippen molar-refractivity contribution in [2.75, 3.05) is 23.3 Å². The SMILES string of the molecule is Cc1c(N)ncnc1NCCS(N)(=O)=O. The van der Waals surface area contributed by atoms with E-state index in [1.165, 1.54) is 6.33 Å². The normalized spacial score (nSPS) is 11.3. The zero-order valence-electron chi connectivity index (χ0n) is 8.27. The molecule has 84 valence electrons. The number of nitrogens with zero attached hydrogens (tertiary/aromatic N) is 2. The van der Waals surface area contributed by atoms with Crippen molar-refractivity contribution in [3.8, 4) is 0 Å². The molecular weight excluding hydrogens is 218 g/mol. The number of sulfonamides is 1. The minimum atomic E-state index is -3.45. The van der Waals surface area contributed by atoms with Gasteiger partial charge in [-0.05, 0) is 6.92 Å². The third-order valence-electron chi connectivity index (χ3n) is 1.80. The lowest BCUT2D eigenvalue weighted by atomic mass is 10.3. The largest absolute Gasteiger partial charge is 0.383 e. The van der Waals surface area contributed by atoms with Gasteiger partial charge in [0.2, 0.25) is 10.0 Å². The Kier molecular flexibility index (Phi) is 3.43.